The van der Waals surface area contributed by atoms with Crippen molar-refractivity contribution in [3.05, 3.63) is 60.3 Å². The molecule has 0 spiro atoms. The second-order valence-corrected chi connectivity index (χ2v) is 4.60. The van der Waals surface area contributed by atoms with Crippen LogP contribution in [-0.2, 0) is 11.3 Å². The van der Waals surface area contributed by atoms with E-state index >= 15 is 0 Å². The molecular formula is C16H20FNO2. The van der Waals surface area contributed by atoms with E-state index in [0.717, 1.165) is 0 Å². The van der Waals surface area contributed by atoms with Crippen molar-refractivity contribution in [2.75, 3.05) is 7.11 Å². The number of methoxy groups -OCH3 is 1. The van der Waals surface area contributed by atoms with E-state index in [0.29, 0.717) is 22.9 Å². The molecule has 0 aliphatic heterocycles. The van der Waals surface area contributed by atoms with Crippen molar-refractivity contribution < 1.29 is 13.9 Å². The molecule has 1 heterocycles. The average molecular weight is 277 g/mol. The molecule has 0 aromatic carbocycles. The Morgan fingerprint density at radius 1 is 1.40 bits per heavy atom. The predicted octanol–water partition coefficient (Wildman–Crippen LogP) is 4.19. The van der Waals surface area contributed by atoms with Crippen molar-refractivity contribution in [2.45, 2.75) is 20.5 Å². The summed E-state index contributed by atoms with van der Waals surface area (Å²) in [5.74, 6) is 0.477. The molecule has 0 unspecified atom stereocenters. The van der Waals surface area contributed by atoms with Crippen molar-refractivity contribution in [1.29, 1.82) is 0 Å². The molecule has 0 saturated carbocycles. The summed E-state index contributed by atoms with van der Waals surface area (Å²) < 4.78 is 23.6. The average Bonchev–Trinajstić information content (AvgIpc) is 2.42. The van der Waals surface area contributed by atoms with Gasteiger partial charge in [0.1, 0.15) is 18.2 Å². The van der Waals surface area contributed by atoms with Gasteiger partial charge in [0, 0.05) is 12.1 Å². The highest BCUT2D eigenvalue weighted by atomic mass is 19.1. The number of aromatic nitrogens is 1. The number of halogens is 1. The molecule has 0 aliphatic rings. The van der Waals surface area contributed by atoms with E-state index in [1.165, 1.54) is 6.08 Å². The van der Waals surface area contributed by atoms with Crippen LogP contribution in [0.1, 0.15) is 19.5 Å². The molecule has 0 atom stereocenters. The molecule has 1 rings (SSSR count). The summed E-state index contributed by atoms with van der Waals surface area (Å²) in [7, 11) is 1.55. The molecule has 20 heavy (non-hydrogen) atoms. The summed E-state index contributed by atoms with van der Waals surface area (Å²) in [6.07, 6.45) is 1.24. The molecule has 3 nitrogen and oxygen atoms in total. The van der Waals surface area contributed by atoms with Crippen LogP contribution in [0.2, 0.25) is 0 Å². The zero-order chi connectivity index (χ0) is 15.1. The molecule has 108 valence electrons. The fraction of sp³-hybridized carbons (Fsp3) is 0.312. The Kier molecular flexibility index (Phi) is 5.97. The van der Waals surface area contributed by atoms with E-state index < -0.39 is 5.83 Å². The Labute approximate surface area is 119 Å². The molecule has 0 aliphatic carbocycles. The van der Waals surface area contributed by atoms with Crippen LogP contribution in [-0.4, -0.2) is 12.1 Å². The Morgan fingerprint density at radius 2 is 2.10 bits per heavy atom. The van der Waals surface area contributed by atoms with Crippen molar-refractivity contribution in [2.24, 2.45) is 5.92 Å². The smallest absolute Gasteiger partial charge is 0.213 e. The van der Waals surface area contributed by atoms with Gasteiger partial charge in [-0.25, -0.2) is 9.37 Å². The molecule has 0 saturated heterocycles. The van der Waals surface area contributed by atoms with Gasteiger partial charge >= 0.3 is 0 Å². The van der Waals surface area contributed by atoms with E-state index in [9.17, 15) is 4.39 Å². The van der Waals surface area contributed by atoms with Crippen LogP contribution in [0.25, 0.3) is 0 Å². The zero-order valence-corrected chi connectivity index (χ0v) is 12.1. The van der Waals surface area contributed by atoms with Gasteiger partial charge in [0.2, 0.25) is 5.88 Å². The maximum atomic E-state index is 13.0. The van der Waals surface area contributed by atoms with E-state index in [-0.39, 0.29) is 12.5 Å². The number of hydrogen-bond acceptors (Lipinski definition) is 3. The van der Waals surface area contributed by atoms with Gasteiger partial charge in [0.05, 0.1) is 12.8 Å². The monoisotopic (exact) mass is 277 g/mol. The molecule has 1 aromatic heterocycles. The van der Waals surface area contributed by atoms with Gasteiger partial charge in [-0.3, -0.25) is 0 Å². The summed E-state index contributed by atoms with van der Waals surface area (Å²) in [4.78, 5) is 4.23. The number of ether oxygens (including phenoxy) is 2. The summed E-state index contributed by atoms with van der Waals surface area (Å²) in [6, 6.07) is 5.37. The fourth-order valence-corrected chi connectivity index (χ4v) is 1.46. The highest BCUT2D eigenvalue weighted by molar-refractivity contribution is 5.29. The van der Waals surface area contributed by atoms with Gasteiger partial charge in [-0.05, 0) is 17.6 Å². The third-order valence-corrected chi connectivity index (χ3v) is 2.67. The highest BCUT2D eigenvalue weighted by Gasteiger charge is 2.10. The van der Waals surface area contributed by atoms with Crippen molar-refractivity contribution >= 4 is 0 Å². The van der Waals surface area contributed by atoms with E-state index in [1.807, 2.05) is 26.0 Å². The topological polar surface area (TPSA) is 31.4 Å². The van der Waals surface area contributed by atoms with Gasteiger partial charge in [0.25, 0.3) is 0 Å². The summed E-state index contributed by atoms with van der Waals surface area (Å²) in [6.45, 7) is 11.3. The lowest BCUT2D eigenvalue weighted by Crippen LogP contribution is -2.03. The van der Waals surface area contributed by atoms with Crippen LogP contribution in [0.5, 0.6) is 5.88 Å². The van der Waals surface area contributed by atoms with Crippen molar-refractivity contribution in [3.8, 4) is 5.88 Å². The Bertz CT molecular complexity index is 521. The zero-order valence-electron chi connectivity index (χ0n) is 12.1. The Hall–Kier alpha value is -2.10. The second kappa shape index (κ2) is 7.48. The Morgan fingerprint density at radius 3 is 2.65 bits per heavy atom. The van der Waals surface area contributed by atoms with Crippen molar-refractivity contribution in [3.63, 3.8) is 0 Å². The van der Waals surface area contributed by atoms with Crippen LogP contribution in [0.3, 0.4) is 0 Å². The van der Waals surface area contributed by atoms with Gasteiger partial charge in [-0.1, -0.05) is 33.1 Å². The fourth-order valence-electron chi connectivity index (χ4n) is 1.46. The molecule has 1 aromatic rings. The predicted molar refractivity (Wildman–Crippen MR) is 77.9 cm³/mol. The number of rotatable bonds is 7. The minimum Gasteiger partial charge on any atom is -0.487 e. The third kappa shape index (κ3) is 4.88. The van der Waals surface area contributed by atoms with Crippen LogP contribution >= 0.6 is 0 Å². The lowest BCUT2D eigenvalue weighted by Gasteiger charge is -2.15. The molecule has 0 fully saturated rings. The minimum atomic E-state index is -0.569. The first-order chi connectivity index (χ1) is 9.43. The first kappa shape index (κ1) is 16.0. The third-order valence-electron chi connectivity index (χ3n) is 2.67. The lowest BCUT2D eigenvalue weighted by molar-refractivity contribution is 0.197. The molecule has 0 radical (unpaired) electrons. The Balaban J connectivity index is 2.81. The molecular weight excluding hydrogens is 257 g/mol. The second-order valence-electron chi connectivity index (χ2n) is 4.60. The number of allylic oxidation sites excluding steroid dienone is 3. The standard InChI is InChI=1S/C16H20FNO2/c1-11(2)13(4)15(9-12(3)17)20-10-14-7-6-8-16(18-14)19-5/h6-9,11H,3-4,10H2,1-2,5H3/b15-9+. The van der Waals surface area contributed by atoms with Gasteiger partial charge in [0.15, 0.2) is 0 Å². The molecule has 4 heteroatoms. The van der Waals surface area contributed by atoms with Crippen molar-refractivity contribution in [1.82, 2.24) is 4.98 Å². The van der Waals surface area contributed by atoms with Gasteiger partial charge in [-0.15, -0.1) is 0 Å². The van der Waals surface area contributed by atoms with E-state index in [4.69, 9.17) is 9.47 Å². The number of pyridine rings is 1. The SMILES string of the molecule is C=C(F)/C=C(/OCc1cccc(OC)n1)C(=C)C(C)C. The van der Waals surface area contributed by atoms with Gasteiger partial charge < -0.3 is 9.47 Å². The van der Waals surface area contributed by atoms with Gasteiger partial charge in [-0.2, -0.15) is 0 Å². The summed E-state index contributed by atoms with van der Waals surface area (Å²) in [5.41, 5.74) is 1.41. The van der Waals surface area contributed by atoms with Crippen LogP contribution in [0, 0.1) is 5.92 Å². The molecule has 0 amide bonds. The largest absolute Gasteiger partial charge is 0.487 e. The number of hydrogen-bond donors (Lipinski definition) is 0. The first-order valence-electron chi connectivity index (χ1n) is 6.32. The van der Waals surface area contributed by atoms with Crippen LogP contribution < -0.4 is 4.74 Å². The minimum absolute atomic E-state index is 0.152. The summed E-state index contributed by atoms with van der Waals surface area (Å²) in [5, 5.41) is 0. The lowest BCUT2D eigenvalue weighted by atomic mass is 10.0. The van der Waals surface area contributed by atoms with Crippen LogP contribution in [0.4, 0.5) is 4.39 Å². The molecule has 0 N–H and O–H groups in total. The summed E-state index contributed by atoms with van der Waals surface area (Å²) >= 11 is 0. The quantitative estimate of drug-likeness (QED) is 0.553. The maximum Gasteiger partial charge on any atom is 0.213 e. The normalized spacial score (nSPS) is 11.3. The highest BCUT2D eigenvalue weighted by Crippen LogP contribution is 2.21. The van der Waals surface area contributed by atoms with Crippen LogP contribution in [0.15, 0.2) is 54.6 Å². The van der Waals surface area contributed by atoms with E-state index in [2.05, 4.69) is 18.1 Å². The van der Waals surface area contributed by atoms with E-state index in [1.54, 1.807) is 13.2 Å². The molecule has 0 bridgehead atoms. The first-order valence-corrected chi connectivity index (χ1v) is 6.32. The number of nitrogens with zero attached hydrogens (tertiary/aromatic N) is 1. The maximum absolute atomic E-state index is 13.0.